The number of aliphatic hydroxyl groups excluding tert-OH is 1. The van der Waals surface area contributed by atoms with Crippen molar-refractivity contribution in [3.05, 3.63) is 0 Å². The van der Waals surface area contributed by atoms with Crippen LogP contribution < -0.4 is 5.73 Å². The lowest BCUT2D eigenvalue weighted by molar-refractivity contribution is -0.162. The molecule has 0 aromatic carbocycles. The SMILES string of the molecule is CN1CCC(C2(C(N)CO)COC2)C1. The third-order valence-corrected chi connectivity index (χ3v) is 3.88. The topological polar surface area (TPSA) is 58.7 Å². The summed E-state index contributed by atoms with van der Waals surface area (Å²) in [7, 11) is 2.14. The molecule has 0 saturated carbocycles. The maximum atomic E-state index is 9.17. The Bertz CT molecular complexity index is 206. The van der Waals surface area contributed by atoms with Gasteiger partial charge in [0.2, 0.25) is 0 Å². The number of nitrogens with two attached hydrogens (primary N) is 1. The quantitative estimate of drug-likeness (QED) is 0.631. The number of likely N-dealkylation sites (tertiary alicyclic amines) is 1. The maximum Gasteiger partial charge on any atom is 0.0589 e. The van der Waals surface area contributed by atoms with Gasteiger partial charge in [0.25, 0.3) is 0 Å². The van der Waals surface area contributed by atoms with Gasteiger partial charge in [0.05, 0.1) is 19.8 Å². The summed E-state index contributed by atoms with van der Waals surface area (Å²) >= 11 is 0. The maximum absolute atomic E-state index is 9.17. The van der Waals surface area contributed by atoms with Crippen LogP contribution in [0.5, 0.6) is 0 Å². The lowest BCUT2D eigenvalue weighted by Gasteiger charge is -2.49. The van der Waals surface area contributed by atoms with E-state index in [0.717, 1.165) is 26.3 Å². The standard InChI is InChI=1S/C10H20N2O2/c1-12-3-2-8(4-12)10(6-14-7-10)9(11)5-13/h8-9,13H,2-7,11H2,1H3. The zero-order valence-corrected chi connectivity index (χ0v) is 8.78. The molecule has 0 bridgehead atoms. The van der Waals surface area contributed by atoms with E-state index in [1.807, 2.05) is 0 Å². The minimum Gasteiger partial charge on any atom is -0.395 e. The number of hydrogen-bond donors (Lipinski definition) is 2. The van der Waals surface area contributed by atoms with Crippen LogP contribution in [0.3, 0.4) is 0 Å². The summed E-state index contributed by atoms with van der Waals surface area (Å²) in [5, 5.41) is 9.17. The highest BCUT2D eigenvalue weighted by Gasteiger charge is 2.51. The Morgan fingerprint density at radius 1 is 1.64 bits per heavy atom. The zero-order valence-electron chi connectivity index (χ0n) is 8.78. The Morgan fingerprint density at radius 2 is 2.36 bits per heavy atom. The molecule has 2 saturated heterocycles. The Labute approximate surface area is 85.0 Å². The van der Waals surface area contributed by atoms with E-state index in [-0.39, 0.29) is 18.1 Å². The first-order chi connectivity index (χ1) is 6.69. The lowest BCUT2D eigenvalue weighted by Crippen LogP contribution is -2.61. The minimum atomic E-state index is -0.118. The summed E-state index contributed by atoms with van der Waals surface area (Å²) in [5.74, 6) is 0.600. The molecule has 14 heavy (non-hydrogen) atoms. The number of rotatable bonds is 3. The van der Waals surface area contributed by atoms with Crippen LogP contribution in [0, 0.1) is 11.3 Å². The van der Waals surface area contributed by atoms with Crippen molar-refractivity contribution in [2.75, 3.05) is 40.0 Å². The van der Waals surface area contributed by atoms with Gasteiger partial charge < -0.3 is 20.5 Å². The van der Waals surface area contributed by atoms with Gasteiger partial charge in [-0.2, -0.15) is 0 Å². The summed E-state index contributed by atoms with van der Waals surface area (Å²) in [5.41, 5.74) is 6.05. The largest absolute Gasteiger partial charge is 0.395 e. The van der Waals surface area contributed by atoms with Crippen LogP contribution in [-0.2, 0) is 4.74 Å². The number of nitrogens with zero attached hydrogens (tertiary/aromatic N) is 1. The fraction of sp³-hybridized carbons (Fsp3) is 1.00. The van der Waals surface area contributed by atoms with E-state index in [0.29, 0.717) is 5.92 Å². The summed E-state index contributed by atoms with van der Waals surface area (Å²) in [6.07, 6.45) is 1.19. The van der Waals surface area contributed by atoms with Crippen molar-refractivity contribution in [3.8, 4) is 0 Å². The highest BCUT2D eigenvalue weighted by molar-refractivity contribution is 5.01. The van der Waals surface area contributed by atoms with Gasteiger partial charge in [0, 0.05) is 18.0 Å². The number of hydrogen-bond acceptors (Lipinski definition) is 4. The first kappa shape index (κ1) is 10.4. The van der Waals surface area contributed by atoms with Crippen LogP contribution in [0.2, 0.25) is 0 Å². The summed E-state index contributed by atoms with van der Waals surface area (Å²) in [6, 6.07) is -0.118. The van der Waals surface area contributed by atoms with Gasteiger partial charge >= 0.3 is 0 Å². The van der Waals surface area contributed by atoms with Gasteiger partial charge in [-0.1, -0.05) is 0 Å². The fourth-order valence-electron chi connectivity index (χ4n) is 2.68. The Balaban J connectivity index is 2.04. The average molecular weight is 200 g/mol. The molecule has 0 aromatic rings. The van der Waals surface area contributed by atoms with Crippen molar-refractivity contribution in [3.63, 3.8) is 0 Å². The Kier molecular flexibility index (Phi) is 2.79. The van der Waals surface area contributed by atoms with E-state index in [1.54, 1.807) is 0 Å². The molecule has 2 aliphatic heterocycles. The molecule has 0 spiro atoms. The molecular weight excluding hydrogens is 180 g/mol. The van der Waals surface area contributed by atoms with Crippen molar-refractivity contribution < 1.29 is 9.84 Å². The van der Waals surface area contributed by atoms with Gasteiger partial charge in [-0.25, -0.2) is 0 Å². The van der Waals surface area contributed by atoms with E-state index in [4.69, 9.17) is 15.6 Å². The van der Waals surface area contributed by atoms with E-state index in [1.165, 1.54) is 6.42 Å². The average Bonchev–Trinajstić information content (AvgIpc) is 2.50. The van der Waals surface area contributed by atoms with Crippen LogP contribution in [0.25, 0.3) is 0 Å². The lowest BCUT2D eigenvalue weighted by atomic mass is 9.68. The summed E-state index contributed by atoms with van der Waals surface area (Å²) in [6.45, 7) is 3.77. The molecule has 0 aliphatic carbocycles. The highest BCUT2D eigenvalue weighted by Crippen LogP contribution is 2.42. The minimum absolute atomic E-state index is 0.0551. The van der Waals surface area contributed by atoms with Crippen molar-refractivity contribution in [2.24, 2.45) is 17.1 Å². The molecular formula is C10H20N2O2. The molecule has 4 nitrogen and oxygen atoms in total. The van der Waals surface area contributed by atoms with Crippen molar-refractivity contribution in [1.82, 2.24) is 4.90 Å². The van der Waals surface area contributed by atoms with Gasteiger partial charge in [-0.3, -0.25) is 0 Å². The van der Waals surface area contributed by atoms with E-state index in [2.05, 4.69) is 11.9 Å². The van der Waals surface area contributed by atoms with E-state index in [9.17, 15) is 0 Å². The second-order valence-corrected chi connectivity index (χ2v) is 4.76. The molecule has 2 atom stereocenters. The normalized spacial score (nSPS) is 34.1. The second-order valence-electron chi connectivity index (χ2n) is 4.76. The van der Waals surface area contributed by atoms with Crippen LogP contribution in [0.4, 0.5) is 0 Å². The zero-order chi connectivity index (χ0) is 10.2. The molecule has 0 amide bonds. The van der Waals surface area contributed by atoms with Gasteiger partial charge in [0.1, 0.15) is 0 Å². The first-order valence-corrected chi connectivity index (χ1v) is 5.32. The van der Waals surface area contributed by atoms with Crippen LogP contribution in [-0.4, -0.2) is 56.0 Å². The Morgan fingerprint density at radius 3 is 2.71 bits per heavy atom. The van der Waals surface area contributed by atoms with Crippen molar-refractivity contribution >= 4 is 0 Å². The third kappa shape index (κ3) is 1.46. The summed E-state index contributed by atoms with van der Waals surface area (Å²) < 4.78 is 5.30. The van der Waals surface area contributed by atoms with Gasteiger partial charge in [-0.05, 0) is 25.9 Å². The predicted octanol–water partition coefficient (Wildman–Crippen LogP) is -0.726. The van der Waals surface area contributed by atoms with Crippen LogP contribution in [0.1, 0.15) is 6.42 Å². The highest BCUT2D eigenvalue weighted by atomic mass is 16.5. The van der Waals surface area contributed by atoms with E-state index >= 15 is 0 Å². The van der Waals surface area contributed by atoms with Crippen molar-refractivity contribution in [2.45, 2.75) is 12.5 Å². The third-order valence-electron chi connectivity index (χ3n) is 3.88. The predicted molar refractivity (Wildman–Crippen MR) is 53.9 cm³/mol. The number of ether oxygens (including phenoxy) is 1. The monoisotopic (exact) mass is 200 g/mol. The molecule has 3 N–H and O–H groups in total. The fourth-order valence-corrected chi connectivity index (χ4v) is 2.68. The molecule has 82 valence electrons. The molecule has 0 aromatic heterocycles. The molecule has 2 aliphatic rings. The van der Waals surface area contributed by atoms with Gasteiger partial charge in [-0.15, -0.1) is 0 Å². The first-order valence-electron chi connectivity index (χ1n) is 5.32. The van der Waals surface area contributed by atoms with Gasteiger partial charge in [0.15, 0.2) is 0 Å². The molecule has 2 unspecified atom stereocenters. The number of aliphatic hydroxyl groups is 1. The van der Waals surface area contributed by atoms with E-state index < -0.39 is 0 Å². The van der Waals surface area contributed by atoms with Crippen LogP contribution in [0.15, 0.2) is 0 Å². The smallest absolute Gasteiger partial charge is 0.0589 e. The molecule has 4 heteroatoms. The van der Waals surface area contributed by atoms with Crippen LogP contribution >= 0.6 is 0 Å². The molecule has 0 radical (unpaired) electrons. The van der Waals surface area contributed by atoms with Crippen molar-refractivity contribution in [1.29, 1.82) is 0 Å². The summed E-state index contributed by atoms with van der Waals surface area (Å²) in [4.78, 5) is 2.33. The molecule has 2 heterocycles. The molecule has 2 fully saturated rings. The molecule has 2 rings (SSSR count). The second kappa shape index (κ2) is 3.77. The Hall–Kier alpha value is -0.160.